The molecule has 1 heterocycles. The van der Waals surface area contributed by atoms with E-state index in [9.17, 15) is 4.79 Å². The summed E-state index contributed by atoms with van der Waals surface area (Å²) in [6.45, 7) is 5.11. The first-order valence-corrected chi connectivity index (χ1v) is 9.72. The summed E-state index contributed by atoms with van der Waals surface area (Å²) in [6, 6.07) is 5.29. The Labute approximate surface area is 152 Å². The van der Waals surface area contributed by atoms with Crippen molar-refractivity contribution in [2.24, 2.45) is 0 Å². The molecule has 0 bridgehead atoms. The smallest absolute Gasteiger partial charge is 0.257 e. The van der Waals surface area contributed by atoms with E-state index in [-0.39, 0.29) is 5.91 Å². The molecule has 0 aliphatic heterocycles. The van der Waals surface area contributed by atoms with Gasteiger partial charge in [-0.25, -0.2) is 4.98 Å². The second-order valence-corrected chi connectivity index (χ2v) is 7.08. The molecule has 0 saturated heterocycles. The zero-order valence-electron chi connectivity index (χ0n) is 14.8. The summed E-state index contributed by atoms with van der Waals surface area (Å²) in [6.07, 6.45) is 5.39. The molecule has 1 aromatic heterocycles. The Bertz CT molecular complexity index is 719. The van der Waals surface area contributed by atoms with Crippen LogP contribution in [0.5, 0.6) is 11.5 Å². The number of hydrogen-bond acceptors (Lipinski definition) is 5. The van der Waals surface area contributed by atoms with Crippen molar-refractivity contribution >= 4 is 22.4 Å². The normalized spacial score (nSPS) is 13.2. The zero-order valence-corrected chi connectivity index (χ0v) is 15.6. The number of fused-ring (bicyclic) bond motifs is 1. The molecule has 6 heteroatoms. The molecular formula is C19H24N2O3S. The lowest BCUT2D eigenvalue weighted by Gasteiger charge is -2.12. The zero-order chi connectivity index (χ0) is 17.6. The van der Waals surface area contributed by atoms with Crippen molar-refractivity contribution in [1.29, 1.82) is 0 Å². The number of nitrogens with zero attached hydrogens (tertiary/aromatic N) is 1. The van der Waals surface area contributed by atoms with Crippen molar-refractivity contribution < 1.29 is 14.3 Å². The van der Waals surface area contributed by atoms with Crippen molar-refractivity contribution in [2.75, 3.05) is 18.5 Å². The topological polar surface area (TPSA) is 60.5 Å². The number of benzene rings is 1. The van der Waals surface area contributed by atoms with Gasteiger partial charge in [0.1, 0.15) is 0 Å². The van der Waals surface area contributed by atoms with Gasteiger partial charge in [-0.05, 0) is 57.2 Å². The number of aromatic nitrogens is 1. The van der Waals surface area contributed by atoms with Gasteiger partial charge in [0.05, 0.1) is 18.9 Å². The second kappa shape index (κ2) is 8.34. The fraction of sp³-hybridized carbons (Fsp3) is 0.474. The van der Waals surface area contributed by atoms with Gasteiger partial charge in [-0.3, -0.25) is 10.1 Å². The minimum Gasteiger partial charge on any atom is -0.490 e. The third-order valence-electron chi connectivity index (χ3n) is 4.03. The Balaban J connectivity index is 1.74. The van der Waals surface area contributed by atoms with Gasteiger partial charge in [0.15, 0.2) is 16.6 Å². The number of nitrogens with one attached hydrogen (secondary N) is 1. The van der Waals surface area contributed by atoms with Gasteiger partial charge in [0.2, 0.25) is 0 Å². The van der Waals surface area contributed by atoms with E-state index in [4.69, 9.17) is 9.47 Å². The van der Waals surface area contributed by atoms with Crippen LogP contribution in [0, 0.1) is 0 Å². The largest absolute Gasteiger partial charge is 0.490 e. The quantitative estimate of drug-likeness (QED) is 0.792. The Hall–Kier alpha value is -2.08. The van der Waals surface area contributed by atoms with E-state index < -0.39 is 0 Å². The van der Waals surface area contributed by atoms with Gasteiger partial charge in [-0.1, -0.05) is 6.92 Å². The fourth-order valence-electron chi connectivity index (χ4n) is 2.82. The molecule has 0 atom stereocenters. The summed E-state index contributed by atoms with van der Waals surface area (Å²) in [7, 11) is 0. The number of carbonyl (C=O) groups is 1. The third kappa shape index (κ3) is 4.31. The molecule has 0 fully saturated rings. The number of anilines is 1. The monoisotopic (exact) mass is 360 g/mol. The van der Waals surface area contributed by atoms with Crippen LogP contribution in [0.2, 0.25) is 0 Å². The van der Waals surface area contributed by atoms with Crippen molar-refractivity contribution in [2.45, 2.75) is 46.0 Å². The Morgan fingerprint density at radius 1 is 1.20 bits per heavy atom. The summed E-state index contributed by atoms with van der Waals surface area (Å²) < 4.78 is 11.3. The first-order chi connectivity index (χ1) is 12.2. The number of aryl methyl sites for hydroxylation is 2. The van der Waals surface area contributed by atoms with E-state index in [1.165, 1.54) is 17.7 Å². The van der Waals surface area contributed by atoms with Crippen LogP contribution >= 0.6 is 11.3 Å². The molecule has 1 amide bonds. The van der Waals surface area contributed by atoms with E-state index >= 15 is 0 Å². The summed E-state index contributed by atoms with van der Waals surface area (Å²) >= 11 is 1.59. The van der Waals surface area contributed by atoms with Crippen LogP contribution in [0.15, 0.2) is 18.2 Å². The number of amides is 1. The van der Waals surface area contributed by atoms with Crippen molar-refractivity contribution in [3.8, 4) is 11.5 Å². The van der Waals surface area contributed by atoms with Gasteiger partial charge in [0.25, 0.3) is 5.91 Å². The lowest BCUT2D eigenvalue weighted by molar-refractivity contribution is 0.102. The minimum atomic E-state index is -0.172. The summed E-state index contributed by atoms with van der Waals surface area (Å²) in [5, 5.41) is 3.60. The van der Waals surface area contributed by atoms with Crippen LogP contribution in [0.25, 0.3) is 0 Å². The van der Waals surface area contributed by atoms with E-state index in [0.29, 0.717) is 35.4 Å². The van der Waals surface area contributed by atoms with Crippen LogP contribution in [-0.4, -0.2) is 24.1 Å². The Morgan fingerprint density at radius 2 is 2.04 bits per heavy atom. The van der Waals surface area contributed by atoms with Gasteiger partial charge in [0, 0.05) is 10.4 Å². The van der Waals surface area contributed by atoms with E-state index in [1.807, 2.05) is 6.92 Å². The van der Waals surface area contributed by atoms with E-state index in [2.05, 4.69) is 17.2 Å². The number of carbonyl (C=O) groups excluding carboxylic acids is 1. The molecule has 2 aromatic rings. The van der Waals surface area contributed by atoms with Crippen LogP contribution in [0.1, 0.15) is 54.0 Å². The molecule has 0 unspecified atom stereocenters. The molecule has 134 valence electrons. The number of thiazole rings is 1. The number of hydrogen-bond donors (Lipinski definition) is 1. The molecule has 0 spiro atoms. The maximum Gasteiger partial charge on any atom is 0.257 e. The van der Waals surface area contributed by atoms with Gasteiger partial charge in [-0.15, -0.1) is 11.3 Å². The fourth-order valence-corrected chi connectivity index (χ4v) is 3.87. The average molecular weight is 360 g/mol. The predicted molar refractivity (Wildman–Crippen MR) is 100 cm³/mol. The lowest BCUT2D eigenvalue weighted by atomic mass is 10.0. The van der Waals surface area contributed by atoms with Gasteiger partial charge in [-0.2, -0.15) is 0 Å². The number of ether oxygens (including phenoxy) is 2. The molecule has 25 heavy (non-hydrogen) atoms. The summed E-state index contributed by atoms with van der Waals surface area (Å²) in [5.41, 5.74) is 1.69. The second-order valence-electron chi connectivity index (χ2n) is 5.99. The minimum absolute atomic E-state index is 0.172. The van der Waals surface area contributed by atoms with Crippen LogP contribution < -0.4 is 14.8 Å². The third-order valence-corrected chi connectivity index (χ3v) is 5.11. The van der Waals surface area contributed by atoms with Crippen LogP contribution in [-0.2, 0) is 12.8 Å². The van der Waals surface area contributed by atoms with Gasteiger partial charge >= 0.3 is 0 Å². The molecule has 1 aliphatic rings. The molecule has 0 saturated carbocycles. The van der Waals surface area contributed by atoms with Crippen LogP contribution in [0.4, 0.5) is 5.13 Å². The maximum absolute atomic E-state index is 12.6. The molecule has 3 rings (SSSR count). The van der Waals surface area contributed by atoms with Crippen molar-refractivity contribution in [1.82, 2.24) is 4.98 Å². The maximum atomic E-state index is 12.6. The molecule has 1 N–H and O–H groups in total. The van der Waals surface area contributed by atoms with Crippen LogP contribution in [0.3, 0.4) is 0 Å². The highest BCUT2D eigenvalue weighted by molar-refractivity contribution is 7.15. The Kier molecular flexibility index (Phi) is 5.91. The SMILES string of the molecule is CCCOc1ccc(C(=O)Nc2nc3c(s2)CCCC3)cc1OCC. The highest BCUT2D eigenvalue weighted by Crippen LogP contribution is 2.31. The van der Waals surface area contributed by atoms with Crippen molar-refractivity contribution in [3.05, 3.63) is 34.3 Å². The van der Waals surface area contributed by atoms with Crippen molar-refractivity contribution in [3.63, 3.8) is 0 Å². The average Bonchev–Trinajstić information content (AvgIpc) is 3.03. The molecule has 5 nitrogen and oxygen atoms in total. The lowest BCUT2D eigenvalue weighted by Crippen LogP contribution is -2.12. The highest BCUT2D eigenvalue weighted by Gasteiger charge is 2.18. The molecule has 1 aromatic carbocycles. The highest BCUT2D eigenvalue weighted by atomic mass is 32.1. The molecule has 0 radical (unpaired) electrons. The predicted octanol–water partition coefficient (Wildman–Crippen LogP) is 4.46. The Morgan fingerprint density at radius 3 is 2.80 bits per heavy atom. The van der Waals surface area contributed by atoms with E-state index in [0.717, 1.165) is 25.0 Å². The first-order valence-electron chi connectivity index (χ1n) is 8.90. The number of rotatable bonds is 7. The molecular weight excluding hydrogens is 336 g/mol. The summed E-state index contributed by atoms with van der Waals surface area (Å²) in [5.74, 6) is 1.10. The molecule has 1 aliphatic carbocycles. The standard InChI is InChI=1S/C19H24N2O3S/c1-3-11-24-15-10-9-13(12-16(15)23-4-2)18(22)21-19-20-14-7-5-6-8-17(14)25-19/h9-10,12H,3-8,11H2,1-2H3,(H,20,21,22). The van der Waals surface area contributed by atoms with Gasteiger partial charge < -0.3 is 9.47 Å². The van der Waals surface area contributed by atoms with E-state index in [1.54, 1.807) is 29.5 Å². The summed E-state index contributed by atoms with van der Waals surface area (Å²) in [4.78, 5) is 18.4. The first kappa shape index (κ1) is 17.7.